The first kappa shape index (κ1) is 13.3. The molecular weight excluding hydrogens is 192 g/mol. The molecule has 1 rings (SSSR count). The summed E-state index contributed by atoms with van der Waals surface area (Å²) in [6.07, 6.45) is 0. The van der Waals surface area contributed by atoms with E-state index in [2.05, 4.69) is 67.5 Å². The van der Waals surface area contributed by atoms with Gasteiger partial charge in [0.1, 0.15) is 0 Å². The SMILES string of the molecule is Cc1cc(C(C)(C)C)c(C(C)(C)C)cc1C. The second kappa shape index (κ2) is 3.91. The molecule has 0 N–H and O–H groups in total. The summed E-state index contributed by atoms with van der Waals surface area (Å²) in [5.41, 5.74) is 6.23. The molecule has 0 aliphatic rings. The Bertz CT molecular complexity index is 345. The highest BCUT2D eigenvalue weighted by Crippen LogP contribution is 2.35. The van der Waals surface area contributed by atoms with Gasteiger partial charge in [-0.1, -0.05) is 53.7 Å². The van der Waals surface area contributed by atoms with Crippen molar-refractivity contribution in [3.63, 3.8) is 0 Å². The summed E-state index contributed by atoms with van der Waals surface area (Å²) in [4.78, 5) is 0. The van der Waals surface area contributed by atoms with Crippen LogP contribution in [0.3, 0.4) is 0 Å². The van der Waals surface area contributed by atoms with Gasteiger partial charge in [0.15, 0.2) is 0 Å². The van der Waals surface area contributed by atoms with Gasteiger partial charge in [-0.2, -0.15) is 0 Å². The Morgan fingerprint density at radius 3 is 1.06 bits per heavy atom. The maximum absolute atomic E-state index is 2.37. The first-order chi connectivity index (χ1) is 7.03. The molecule has 16 heavy (non-hydrogen) atoms. The smallest absolute Gasteiger partial charge is 0.0129 e. The van der Waals surface area contributed by atoms with E-state index in [9.17, 15) is 0 Å². The van der Waals surface area contributed by atoms with Gasteiger partial charge in [0.2, 0.25) is 0 Å². The van der Waals surface area contributed by atoms with Gasteiger partial charge in [0.05, 0.1) is 0 Å². The van der Waals surface area contributed by atoms with Gasteiger partial charge in [0, 0.05) is 0 Å². The monoisotopic (exact) mass is 218 g/mol. The van der Waals surface area contributed by atoms with Crippen molar-refractivity contribution in [2.24, 2.45) is 0 Å². The summed E-state index contributed by atoms with van der Waals surface area (Å²) in [5.74, 6) is 0. The quantitative estimate of drug-likeness (QED) is 0.581. The molecule has 1 aromatic rings. The van der Waals surface area contributed by atoms with Crippen LogP contribution in [0, 0.1) is 13.8 Å². The van der Waals surface area contributed by atoms with Crippen LogP contribution in [0.4, 0.5) is 0 Å². The van der Waals surface area contributed by atoms with Crippen LogP contribution in [-0.4, -0.2) is 0 Å². The van der Waals surface area contributed by atoms with Crippen molar-refractivity contribution >= 4 is 0 Å². The first-order valence-corrected chi connectivity index (χ1v) is 6.15. The Morgan fingerprint density at radius 1 is 0.625 bits per heavy atom. The third-order valence-electron chi connectivity index (χ3n) is 3.25. The Balaban J connectivity index is 3.53. The van der Waals surface area contributed by atoms with Crippen LogP contribution in [-0.2, 0) is 10.8 Å². The molecule has 0 unspecified atom stereocenters. The van der Waals surface area contributed by atoms with Crippen molar-refractivity contribution in [3.05, 3.63) is 34.4 Å². The maximum atomic E-state index is 2.37. The van der Waals surface area contributed by atoms with Crippen LogP contribution in [0.25, 0.3) is 0 Å². The topological polar surface area (TPSA) is 0 Å². The van der Waals surface area contributed by atoms with Crippen LogP contribution >= 0.6 is 0 Å². The van der Waals surface area contributed by atoms with Crippen molar-refractivity contribution in [1.29, 1.82) is 0 Å². The predicted molar refractivity (Wildman–Crippen MR) is 73.3 cm³/mol. The number of hydrogen-bond acceptors (Lipinski definition) is 0. The van der Waals surface area contributed by atoms with Crippen LogP contribution in [0.2, 0.25) is 0 Å². The minimum atomic E-state index is 0.223. The van der Waals surface area contributed by atoms with Gasteiger partial charge in [-0.05, 0) is 46.9 Å². The lowest BCUT2D eigenvalue weighted by atomic mass is 9.74. The minimum Gasteiger partial charge on any atom is -0.0561 e. The van der Waals surface area contributed by atoms with Crippen LogP contribution in [0.15, 0.2) is 12.1 Å². The third kappa shape index (κ3) is 2.66. The summed E-state index contributed by atoms with van der Waals surface area (Å²) in [6, 6.07) is 4.74. The van der Waals surface area contributed by atoms with Gasteiger partial charge in [-0.25, -0.2) is 0 Å². The standard InChI is InChI=1S/C16H26/c1-11-9-13(15(3,4)5)14(10-12(11)2)16(6,7)8/h9-10H,1-8H3. The molecule has 0 fully saturated rings. The highest BCUT2D eigenvalue weighted by molar-refractivity contribution is 5.44. The van der Waals surface area contributed by atoms with Crippen molar-refractivity contribution in [3.8, 4) is 0 Å². The predicted octanol–water partition coefficient (Wildman–Crippen LogP) is 4.90. The van der Waals surface area contributed by atoms with Crippen molar-refractivity contribution in [2.45, 2.75) is 66.2 Å². The zero-order valence-corrected chi connectivity index (χ0v) is 12.2. The van der Waals surface area contributed by atoms with E-state index in [4.69, 9.17) is 0 Å². The van der Waals surface area contributed by atoms with E-state index in [0.29, 0.717) is 0 Å². The molecule has 0 bridgehead atoms. The van der Waals surface area contributed by atoms with E-state index in [0.717, 1.165) is 0 Å². The molecule has 0 heterocycles. The first-order valence-electron chi connectivity index (χ1n) is 6.15. The lowest BCUT2D eigenvalue weighted by molar-refractivity contribution is 0.529. The lowest BCUT2D eigenvalue weighted by Crippen LogP contribution is -2.22. The molecular formula is C16H26. The number of aryl methyl sites for hydroxylation is 2. The van der Waals surface area contributed by atoms with Crippen LogP contribution in [0.1, 0.15) is 63.8 Å². The molecule has 0 nitrogen and oxygen atoms in total. The van der Waals surface area contributed by atoms with E-state index in [1.807, 2.05) is 0 Å². The molecule has 0 aliphatic carbocycles. The Hall–Kier alpha value is -0.780. The molecule has 90 valence electrons. The van der Waals surface area contributed by atoms with E-state index >= 15 is 0 Å². The summed E-state index contributed by atoms with van der Waals surface area (Å²) in [6.45, 7) is 18.2. The molecule has 1 aromatic carbocycles. The fourth-order valence-electron chi connectivity index (χ4n) is 2.06. The number of rotatable bonds is 0. The fourth-order valence-corrected chi connectivity index (χ4v) is 2.06. The van der Waals surface area contributed by atoms with E-state index in [-0.39, 0.29) is 10.8 Å². The highest BCUT2D eigenvalue weighted by Gasteiger charge is 2.25. The van der Waals surface area contributed by atoms with Crippen LogP contribution in [0.5, 0.6) is 0 Å². The number of hydrogen-bond donors (Lipinski definition) is 0. The molecule has 0 aromatic heterocycles. The molecule has 0 saturated heterocycles. The van der Waals surface area contributed by atoms with Gasteiger partial charge in [-0.3, -0.25) is 0 Å². The van der Waals surface area contributed by atoms with Crippen molar-refractivity contribution in [2.75, 3.05) is 0 Å². The maximum Gasteiger partial charge on any atom is -0.0129 e. The van der Waals surface area contributed by atoms with Gasteiger partial charge in [-0.15, -0.1) is 0 Å². The van der Waals surface area contributed by atoms with Gasteiger partial charge in [0.25, 0.3) is 0 Å². The summed E-state index contributed by atoms with van der Waals surface area (Å²) in [5, 5.41) is 0. The minimum absolute atomic E-state index is 0.223. The molecule has 0 spiro atoms. The normalized spacial score (nSPS) is 13.0. The second-order valence-corrected chi connectivity index (χ2v) is 6.98. The fraction of sp³-hybridized carbons (Fsp3) is 0.625. The Morgan fingerprint density at radius 2 is 0.875 bits per heavy atom. The zero-order chi connectivity index (χ0) is 12.7. The molecule has 0 heteroatoms. The largest absolute Gasteiger partial charge is 0.0561 e. The van der Waals surface area contributed by atoms with Gasteiger partial charge < -0.3 is 0 Å². The Kier molecular flexibility index (Phi) is 3.24. The molecule has 0 atom stereocenters. The number of benzene rings is 1. The molecule has 0 amide bonds. The van der Waals surface area contributed by atoms with E-state index < -0.39 is 0 Å². The van der Waals surface area contributed by atoms with Crippen LogP contribution < -0.4 is 0 Å². The summed E-state index contributed by atoms with van der Waals surface area (Å²) in [7, 11) is 0. The third-order valence-corrected chi connectivity index (χ3v) is 3.25. The average molecular weight is 218 g/mol. The van der Waals surface area contributed by atoms with E-state index in [1.165, 1.54) is 22.3 Å². The van der Waals surface area contributed by atoms with Crippen molar-refractivity contribution in [1.82, 2.24) is 0 Å². The van der Waals surface area contributed by atoms with E-state index in [1.54, 1.807) is 0 Å². The molecule has 0 radical (unpaired) electrons. The summed E-state index contributed by atoms with van der Waals surface area (Å²) < 4.78 is 0. The zero-order valence-electron chi connectivity index (χ0n) is 12.2. The molecule has 0 saturated carbocycles. The Labute approximate surface area is 101 Å². The highest BCUT2D eigenvalue weighted by atomic mass is 14.3. The molecule has 0 aliphatic heterocycles. The van der Waals surface area contributed by atoms with Gasteiger partial charge >= 0.3 is 0 Å². The average Bonchev–Trinajstić information content (AvgIpc) is 2.05. The summed E-state index contributed by atoms with van der Waals surface area (Å²) >= 11 is 0. The lowest BCUT2D eigenvalue weighted by Gasteiger charge is -2.31. The van der Waals surface area contributed by atoms with Crippen molar-refractivity contribution < 1.29 is 0 Å². The second-order valence-electron chi connectivity index (χ2n) is 6.98.